The lowest BCUT2D eigenvalue weighted by atomic mass is 10.3. The van der Waals surface area contributed by atoms with Crippen molar-refractivity contribution in [1.82, 2.24) is 19.6 Å². The van der Waals surface area contributed by atoms with Crippen molar-refractivity contribution in [2.75, 3.05) is 12.4 Å². The van der Waals surface area contributed by atoms with Gasteiger partial charge in [0.15, 0.2) is 0 Å². The second-order valence-corrected chi connectivity index (χ2v) is 3.64. The van der Waals surface area contributed by atoms with E-state index >= 15 is 0 Å². The molecule has 0 aliphatic carbocycles. The molecule has 1 aromatic carbocycles. The Labute approximate surface area is 90.1 Å². The van der Waals surface area contributed by atoms with Gasteiger partial charge < -0.3 is 5.32 Å². The van der Waals surface area contributed by atoms with Crippen molar-refractivity contribution in [2.24, 2.45) is 0 Å². The van der Waals surface area contributed by atoms with E-state index < -0.39 is 0 Å². The number of fused-ring (bicyclic) bond motifs is 3. The molecule has 0 unspecified atom stereocenters. The molecule has 5 nitrogen and oxygen atoms in total. The number of aromatic nitrogens is 4. The fourth-order valence-electron chi connectivity index (χ4n) is 1.57. The lowest BCUT2D eigenvalue weighted by molar-refractivity contribution is 1.01. The zero-order chi connectivity index (χ0) is 10.4. The Morgan fingerprint density at radius 1 is 1.40 bits per heavy atom. The highest BCUT2D eigenvalue weighted by Gasteiger charge is 2.08. The van der Waals surface area contributed by atoms with Crippen molar-refractivity contribution >= 4 is 34.4 Å². The summed E-state index contributed by atoms with van der Waals surface area (Å²) in [6.07, 6.45) is 0. The van der Waals surface area contributed by atoms with Crippen LogP contribution in [-0.4, -0.2) is 26.6 Å². The van der Waals surface area contributed by atoms with Crippen LogP contribution in [-0.2, 0) is 0 Å². The smallest absolute Gasteiger partial charge is 0.253 e. The quantitative estimate of drug-likeness (QED) is 0.660. The lowest BCUT2D eigenvalue weighted by Crippen LogP contribution is -1.91. The van der Waals surface area contributed by atoms with Crippen LogP contribution in [0.4, 0.5) is 5.95 Å². The van der Waals surface area contributed by atoms with Gasteiger partial charge in [-0.15, -0.1) is 0 Å². The van der Waals surface area contributed by atoms with Gasteiger partial charge in [-0.2, -0.15) is 4.98 Å². The molecule has 3 rings (SSSR count). The van der Waals surface area contributed by atoms with E-state index in [0.29, 0.717) is 16.7 Å². The predicted octanol–water partition coefficient (Wildman–Crippen LogP) is 1.91. The van der Waals surface area contributed by atoms with Crippen LogP contribution in [0, 0.1) is 0 Å². The third-order valence-electron chi connectivity index (χ3n) is 2.27. The van der Waals surface area contributed by atoms with Crippen molar-refractivity contribution < 1.29 is 0 Å². The minimum absolute atomic E-state index is 0.636. The van der Waals surface area contributed by atoms with Gasteiger partial charge in [-0.3, -0.25) is 5.10 Å². The van der Waals surface area contributed by atoms with Crippen molar-refractivity contribution in [3.63, 3.8) is 0 Å². The number of hydrogen-bond acceptors (Lipinski definition) is 3. The van der Waals surface area contributed by atoms with Crippen LogP contribution in [0.3, 0.4) is 0 Å². The highest BCUT2D eigenvalue weighted by atomic mass is 35.5. The van der Waals surface area contributed by atoms with E-state index in [2.05, 4.69) is 20.4 Å². The first-order chi connectivity index (χ1) is 7.28. The maximum Gasteiger partial charge on any atom is 0.253 e. The number of nitrogens with zero attached hydrogens (tertiary/aromatic N) is 3. The average Bonchev–Trinajstić information content (AvgIpc) is 2.73. The summed E-state index contributed by atoms with van der Waals surface area (Å²) in [7, 11) is 1.80. The Balaban J connectivity index is 2.40. The fraction of sp³-hybridized carbons (Fsp3) is 0.111. The molecule has 76 valence electrons. The van der Waals surface area contributed by atoms with E-state index in [-0.39, 0.29) is 0 Å². The van der Waals surface area contributed by atoms with Crippen molar-refractivity contribution in [2.45, 2.75) is 0 Å². The van der Waals surface area contributed by atoms with Crippen molar-refractivity contribution in [1.29, 1.82) is 0 Å². The second kappa shape index (κ2) is 2.87. The van der Waals surface area contributed by atoms with Gasteiger partial charge in [-0.25, -0.2) is 9.50 Å². The monoisotopic (exact) mass is 221 g/mol. The lowest BCUT2D eigenvalue weighted by Gasteiger charge is -1.92. The number of halogens is 1. The topological polar surface area (TPSA) is 58.0 Å². The Kier molecular flexibility index (Phi) is 1.63. The van der Waals surface area contributed by atoms with E-state index in [0.717, 1.165) is 11.0 Å². The minimum atomic E-state index is 0.636. The first kappa shape index (κ1) is 8.55. The molecule has 15 heavy (non-hydrogen) atoms. The van der Waals surface area contributed by atoms with Crippen LogP contribution in [0.15, 0.2) is 18.2 Å². The summed E-state index contributed by atoms with van der Waals surface area (Å²) in [6, 6.07) is 5.56. The summed E-state index contributed by atoms with van der Waals surface area (Å²) >= 11 is 5.88. The number of nitrogens with one attached hydrogen (secondary N) is 2. The Morgan fingerprint density at radius 3 is 3.07 bits per heavy atom. The first-order valence-corrected chi connectivity index (χ1v) is 4.87. The molecule has 0 aliphatic rings. The number of H-pyrrole nitrogens is 1. The molecular weight excluding hydrogens is 214 g/mol. The number of hydrogen-bond donors (Lipinski definition) is 2. The van der Waals surface area contributed by atoms with E-state index in [1.54, 1.807) is 7.05 Å². The fourth-order valence-corrected chi connectivity index (χ4v) is 1.73. The molecule has 0 fully saturated rings. The van der Waals surface area contributed by atoms with Crippen LogP contribution >= 0.6 is 11.6 Å². The van der Waals surface area contributed by atoms with E-state index in [9.17, 15) is 0 Å². The SMILES string of the molecule is CNc1nc2nc3cc(Cl)ccc3n2[nH]1. The van der Waals surface area contributed by atoms with Gasteiger partial charge in [0.05, 0.1) is 11.0 Å². The zero-order valence-electron chi connectivity index (χ0n) is 7.95. The van der Waals surface area contributed by atoms with E-state index in [1.165, 1.54) is 0 Å². The second-order valence-electron chi connectivity index (χ2n) is 3.20. The maximum absolute atomic E-state index is 5.88. The number of benzene rings is 1. The first-order valence-electron chi connectivity index (χ1n) is 4.49. The molecule has 0 spiro atoms. The van der Waals surface area contributed by atoms with Gasteiger partial charge in [0.25, 0.3) is 5.78 Å². The number of rotatable bonds is 1. The molecule has 2 aromatic heterocycles. The average molecular weight is 222 g/mol. The van der Waals surface area contributed by atoms with Gasteiger partial charge in [-0.05, 0) is 18.2 Å². The molecule has 3 aromatic rings. The molecule has 0 radical (unpaired) electrons. The molecule has 0 saturated heterocycles. The van der Waals surface area contributed by atoms with Gasteiger partial charge >= 0.3 is 0 Å². The number of anilines is 1. The van der Waals surface area contributed by atoms with Crippen LogP contribution in [0.1, 0.15) is 0 Å². The van der Waals surface area contributed by atoms with Crippen molar-refractivity contribution in [3.05, 3.63) is 23.2 Å². The summed E-state index contributed by atoms with van der Waals surface area (Å²) in [5.41, 5.74) is 1.80. The van der Waals surface area contributed by atoms with Gasteiger partial charge in [0.1, 0.15) is 0 Å². The minimum Gasteiger partial charge on any atom is -0.358 e. The van der Waals surface area contributed by atoms with E-state index in [1.807, 2.05) is 22.7 Å². The zero-order valence-corrected chi connectivity index (χ0v) is 8.71. The number of aromatic amines is 1. The molecule has 0 saturated carbocycles. The summed E-state index contributed by atoms with van der Waals surface area (Å²) in [5, 5.41) is 6.68. The Bertz CT molecular complexity index is 638. The van der Waals surface area contributed by atoms with E-state index in [4.69, 9.17) is 11.6 Å². The summed E-state index contributed by atoms with van der Waals surface area (Å²) < 4.78 is 1.82. The van der Waals surface area contributed by atoms with Gasteiger partial charge in [0.2, 0.25) is 5.95 Å². The number of imidazole rings is 1. The Hall–Kier alpha value is -1.75. The largest absolute Gasteiger partial charge is 0.358 e. The maximum atomic E-state index is 5.88. The molecule has 6 heteroatoms. The van der Waals surface area contributed by atoms with Crippen LogP contribution in [0.25, 0.3) is 16.8 Å². The van der Waals surface area contributed by atoms with Crippen LogP contribution in [0.2, 0.25) is 5.02 Å². The molecule has 0 amide bonds. The standard InChI is InChI=1S/C9H8ClN5/c1-11-8-13-9-12-6-4-5(10)2-3-7(6)15(9)14-8/h2-4H,1H3,(H2,11,12,13,14). The third kappa shape index (κ3) is 1.16. The highest BCUT2D eigenvalue weighted by Crippen LogP contribution is 2.20. The van der Waals surface area contributed by atoms with Gasteiger partial charge in [0, 0.05) is 12.1 Å². The highest BCUT2D eigenvalue weighted by molar-refractivity contribution is 6.31. The summed E-state index contributed by atoms with van der Waals surface area (Å²) in [4.78, 5) is 8.58. The molecule has 0 bridgehead atoms. The predicted molar refractivity (Wildman–Crippen MR) is 59.4 cm³/mol. The normalized spacial score (nSPS) is 11.3. The summed E-state index contributed by atoms with van der Waals surface area (Å²) in [6.45, 7) is 0. The molecule has 0 atom stereocenters. The molecule has 2 heterocycles. The van der Waals surface area contributed by atoms with Gasteiger partial charge in [-0.1, -0.05) is 11.6 Å². The Morgan fingerprint density at radius 2 is 2.27 bits per heavy atom. The molecular formula is C9H8ClN5. The van der Waals surface area contributed by atoms with Crippen molar-refractivity contribution in [3.8, 4) is 0 Å². The third-order valence-corrected chi connectivity index (χ3v) is 2.50. The summed E-state index contributed by atoms with van der Waals surface area (Å²) in [5.74, 6) is 1.32. The molecule has 0 aliphatic heterocycles. The van der Waals surface area contributed by atoms with Crippen LogP contribution < -0.4 is 5.32 Å². The van der Waals surface area contributed by atoms with Crippen LogP contribution in [0.5, 0.6) is 0 Å². The molecule has 2 N–H and O–H groups in total.